The van der Waals surface area contributed by atoms with E-state index in [1.807, 2.05) is 37.5 Å². The molecule has 5 aliphatic rings. The van der Waals surface area contributed by atoms with Crippen LogP contribution in [-0.2, 0) is 19.1 Å². The molecule has 4 N–H and O–H groups in total. The second-order valence-electron chi connectivity index (χ2n) is 20.6. The van der Waals surface area contributed by atoms with Gasteiger partial charge in [-0.2, -0.15) is 0 Å². The smallest absolute Gasteiger partial charge is 0.407 e. The van der Waals surface area contributed by atoms with Gasteiger partial charge in [0.05, 0.1) is 50.9 Å². The highest BCUT2D eigenvalue weighted by Crippen LogP contribution is 2.49. The molecule has 67 heavy (non-hydrogen) atoms. The van der Waals surface area contributed by atoms with Crippen LogP contribution in [0, 0.1) is 17.3 Å². The fraction of sp³-hybridized carbons (Fsp3) is 0.569. The molecule has 0 spiro atoms. The molecule has 0 unspecified atom stereocenters. The Bertz CT molecular complexity index is 2350. The molecule has 9 rings (SSSR count). The lowest BCUT2D eigenvalue weighted by Gasteiger charge is -2.30. The molecule has 2 saturated heterocycles. The Hall–Kier alpha value is -6.06. The summed E-state index contributed by atoms with van der Waals surface area (Å²) >= 11 is 0. The number of likely N-dealkylation sites (tertiary alicyclic amines) is 2. The van der Waals surface area contributed by atoms with Crippen molar-refractivity contribution in [3.8, 4) is 45.1 Å². The van der Waals surface area contributed by atoms with Gasteiger partial charge < -0.3 is 49.3 Å². The Morgan fingerprint density at radius 3 is 1.42 bits per heavy atom. The maximum absolute atomic E-state index is 14.0. The Balaban J connectivity index is 1.03. The Labute approximate surface area is 392 Å². The summed E-state index contributed by atoms with van der Waals surface area (Å²) in [4.78, 5) is 74.1. The second-order valence-corrected chi connectivity index (χ2v) is 20.6. The maximum Gasteiger partial charge on any atom is 0.407 e. The van der Waals surface area contributed by atoms with E-state index < -0.39 is 24.3 Å². The molecular formula is C51H66N8O8. The van der Waals surface area contributed by atoms with Crippen molar-refractivity contribution in [1.82, 2.24) is 40.4 Å². The van der Waals surface area contributed by atoms with Crippen molar-refractivity contribution in [3.63, 3.8) is 0 Å². The Morgan fingerprint density at radius 1 is 0.657 bits per heavy atom. The van der Waals surface area contributed by atoms with E-state index in [2.05, 4.69) is 70.8 Å². The van der Waals surface area contributed by atoms with Gasteiger partial charge in [0.1, 0.15) is 35.2 Å². The van der Waals surface area contributed by atoms with Gasteiger partial charge in [0.25, 0.3) is 0 Å². The lowest BCUT2D eigenvalue weighted by molar-refractivity contribution is -0.136. The molecule has 2 aromatic carbocycles. The van der Waals surface area contributed by atoms with E-state index in [4.69, 9.17) is 28.9 Å². The topological polar surface area (TPSA) is 193 Å². The number of methoxy groups -OCH3 is 2. The lowest BCUT2D eigenvalue weighted by atomic mass is 9.96. The van der Waals surface area contributed by atoms with Crippen LogP contribution in [0.2, 0.25) is 0 Å². The van der Waals surface area contributed by atoms with Crippen LogP contribution in [0.5, 0.6) is 11.5 Å². The highest BCUT2D eigenvalue weighted by Gasteiger charge is 2.41. The molecule has 16 heteroatoms. The number of aromatic nitrogens is 4. The molecule has 2 aromatic heterocycles. The quantitative estimate of drug-likeness (QED) is 0.107. The first-order valence-electron chi connectivity index (χ1n) is 24.2. The monoisotopic (exact) mass is 919 g/mol. The van der Waals surface area contributed by atoms with Gasteiger partial charge in [-0.05, 0) is 87.5 Å². The summed E-state index contributed by atoms with van der Waals surface area (Å²) in [6.07, 6.45) is 6.20. The first-order valence-corrected chi connectivity index (χ1v) is 24.2. The number of hydrogen-bond acceptors (Lipinski definition) is 10. The van der Waals surface area contributed by atoms with E-state index in [-0.39, 0.29) is 41.1 Å². The summed E-state index contributed by atoms with van der Waals surface area (Å²) in [6.45, 7) is 14.0. The third kappa shape index (κ3) is 9.45. The van der Waals surface area contributed by atoms with Gasteiger partial charge in [-0.3, -0.25) is 9.59 Å². The van der Waals surface area contributed by atoms with Gasteiger partial charge in [-0.1, -0.05) is 53.7 Å². The molecule has 358 valence electrons. The van der Waals surface area contributed by atoms with Gasteiger partial charge in [-0.15, -0.1) is 0 Å². The number of alkyl carbamates (subject to hydrolysis) is 2. The minimum Gasteiger partial charge on any atom is -0.492 e. The summed E-state index contributed by atoms with van der Waals surface area (Å²) in [5.74, 6) is 3.15. The van der Waals surface area contributed by atoms with Crippen molar-refractivity contribution in [1.29, 1.82) is 0 Å². The minimum absolute atomic E-state index is 0.130. The number of ether oxygens (including phenoxy) is 4. The highest BCUT2D eigenvalue weighted by molar-refractivity contribution is 5.88. The van der Waals surface area contributed by atoms with Crippen LogP contribution in [0.4, 0.5) is 9.59 Å². The zero-order valence-electron chi connectivity index (χ0n) is 40.1. The zero-order chi connectivity index (χ0) is 47.3. The van der Waals surface area contributed by atoms with Crippen molar-refractivity contribution in [2.75, 3.05) is 40.5 Å². The number of H-pyrrole nitrogens is 2. The van der Waals surface area contributed by atoms with E-state index in [0.29, 0.717) is 38.1 Å². The van der Waals surface area contributed by atoms with Gasteiger partial charge >= 0.3 is 12.2 Å². The number of carbonyl (C=O) groups excluding carboxylic acids is 4. The number of nitrogens with zero attached hydrogens (tertiary/aromatic N) is 4. The summed E-state index contributed by atoms with van der Waals surface area (Å²) in [7, 11) is 2.61. The van der Waals surface area contributed by atoms with Crippen molar-refractivity contribution in [3.05, 3.63) is 59.4 Å². The van der Waals surface area contributed by atoms with Crippen molar-refractivity contribution in [2.45, 2.75) is 129 Å². The molecule has 4 aromatic rings. The van der Waals surface area contributed by atoms with Crippen molar-refractivity contribution in [2.24, 2.45) is 17.3 Å². The standard InChI is InChI=1S/C51H66N8O8/c1-27(2)39(56-49(62)64-7)47(60)58-21-9-11-35(58)45-52-41(29-13-14-29)43(54-45)31-17-19-33-34-20-18-32(24-38(34)67-26-51(5,6)25-66-37(33)23-31)44-42(30-15-16-30)53-46(55-44)36-12-10-22-59(36)48(61)40(28(3)4)57-50(63)65-8/h17-20,23-24,27-30,35-36,39-40H,9-16,21-22,25-26H2,1-8H3,(H,52,54)(H,53,55)(H,56,62)(H,57,63)/t35-,36-,39-,40-/m0/s1. The van der Waals surface area contributed by atoms with Crippen LogP contribution in [0.1, 0.15) is 140 Å². The zero-order valence-corrected chi connectivity index (χ0v) is 40.1. The van der Waals surface area contributed by atoms with Crippen LogP contribution >= 0.6 is 0 Å². The highest BCUT2D eigenvalue weighted by atomic mass is 16.5. The number of rotatable bonds is 12. The van der Waals surface area contributed by atoms with Gasteiger partial charge in [-0.25, -0.2) is 19.6 Å². The van der Waals surface area contributed by atoms with E-state index in [9.17, 15) is 19.2 Å². The summed E-state index contributed by atoms with van der Waals surface area (Å²) in [5.41, 5.74) is 7.23. The molecule has 2 aliphatic carbocycles. The van der Waals surface area contributed by atoms with Gasteiger partial charge in [0.15, 0.2) is 0 Å². The Kier molecular flexibility index (Phi) is 12.8. The molecule has 2 saturated carbocycles. The number of nitrogens with one attached hydrogen (secondary N) is 4. The number of amides is 4. The molecule has 16 nitrogen and oxygen atoms in total. The van der Waals surface area contributed by atoms with Crippen LogP contribution < -0.4 is 20.1 Å². The molecule has 4 atom stereocenters. The molecule has 4 amide bonds. The first kappa shape index (κ1) is 46.1. The predicted octanol–water partition coefficient (Wildman–Crippen LogP) is 8.77. The van der Waals surface area contributed by atoms with Crippen LogP contribution in [0.15, 0.2) is 36.4 Å². The predicted molar refractivity (Wildman–Crippen MR) is 251 cm³/mol. The fourth-order valence-electron chi connectivity index (χ4n) is 9.90. The molecule has 0 bridgehead atoms. The molecule has 5 heterocycles. The summed E-state index contributed by atoms with van der Waals surface area (Å²) < 4.78 is 23.2. The normalized spacial score (nSPS) is 21.0. The minimum atomic E-state index is -0.716. The molecule has 0 radical (unpaired) electrons. The number of benzene rings is 2. The molecular weight excluding hydrogens is 853 g/mol. The van der Waals surface area contributed by atoms with Gasteiger partial charge in [0, 0.05) is 64.0 Å². The Morgan fingerprint density at radius 2 is 1.06 bits per heavy atom. The second kappa shape index (κ2) is 18.6. The number of carbonyl (C=O) groups is 4. The lowest BCUT2D eigenvalue weighted by Crippen LogP contribution is -2.51. The average Bonchev–Trinajstić information content (AvgIpc) is 4.08. The maximum atomic E-state index is 14.0. The SMILES string of the molecule is COC(=O)N[C@H](C(=O)N1CCC[C@H]1c1nc(-c2ccc3c(c2)OCC(C)(C)COc2cc(-c4nc([C@@H]5CCCN5C(=O)[C@@H](NC(=O)OC)C(C)C)[nH]c4C4CC4)ccc2-3)c(C2CC2)[nH]1)C(C)C. The van der Waals surface area contributed by atoms with Crippen LogP contribution in [0.3, 0.4) is 0 Å². The third-order valence-electron chi connectivity index (χ3n) is 14.0. The number of fused-ring (bicyclic) bond motifs is 3. The van der Waals surface area contributed by atoms with E-state index in [1.165, 1.54) is 14.2 Å². The fourth-order valence-corrected chi connectivity index (χ4v) is 9.90. The number of aromatic amines is 2. The van der Waals surface area contributed by atoms with Crippen LogP contribution in [-0.4, -0.2) is 106 Å². The average molecular weight is 919 g/mol. The number of hydrogen-bond donors (Lipinski definition) is 4. The molecule has 3 aliphatic heterocycles. The first-order chi connectivity index (χ1) is 32.1. The van der Waals surface area contributed by atoms with E-state index in [0.717, 1.165) is 120 Å². The number of imidazole rings is 2. The molecule has 4 fully saturated rings. The van der Waals surface area contributed by atoms with E-state index >= 15 is 0 Å². The van der Waals surface area contributed by atoms with Crippen molar-refractivity contribution < 1.29 is 38.1 Å². The summed E-state index contributed by atoms with van der Waals surface area (Å²) in [6, 6.07) is 10.7. The van der Waals surface area contributed by atoms with Gasteiger partial charge in [0.2, 0.25) is 11.8 Å². The van der Waals surface area contributed by atoms with E-state index in [1.54, 1.807) is 0 Å². The third-order valence-corrected chi connectivity index (χ3v) is 14.0. The summed E-state index contributed by atoms with van der Waals surface area (Å²) in [5, 5.41) is 5.51. The van der Waals surface area contributed by atoms with Crippen LogP contribution in [0.25, 0.3) is 33.6 Å². The van der Waals surface area contributed by atoms with Crippen molar-refractivity contribution >= 4 is 24.0 Å². The largest absolute Gasteiger partial charge is 0.492 e.